The fourth-order valence-corrected chi connectivity index (χ4v) is 2.17. The van der Waals surface area contributed by atoms with Gasteiger partial charge in [0, 0.05) is 14.1 Å². The van der Waals surface area contributed by atoms with Gasteiger partial charge in [-0.05, 0) is 12.1 Å². The van der Waals surface area contributed by atoms with E-state index in [4.69, 9.17) is 5.26 Å². The molecule has 0 amide bonds. The zero-order chi connectivity index (χ0) is 16.2. The fourth-order valence-electron chi connectivity index (χ4n) is 2.17. The molecule has 0 bridgehead atoms. The Balaban J connectivity index is 1.88. The second kappa shape index (κ2) is 6.27. The van der Waals surface area contributed by atoms with E-state index < -0.39 is 0 Å². The molecule has 0 unspecified atom stereocenters. The fraction of sp³-hybridized carbons (Fsp3) is 0.267. The average Bonchev–Trinajstić information content (AvgIpc) is 2.97. The van der Waals surface area contributed by atoms with Crippen molar-refractivity contribution in [3.8, 4) is 6.07 Å². The summed E-state index contributed by atoms with van der Waals surface area (Å²) in [6.45, 7) is 0.509. The van der Waals surface area contributed by atoms with E-state index in [1.165, 1.54) is 6.33 Å². The molecule has 23 heavy (non-hydrogen) atoms. The van der Waals surface area contributed by atoms with Gasteiger partial charge in [0.05, 0.1) is 42.5 Å². The van der Waals surface area contributed by atoms with Gasteiger partial charge in [-0.25, -0.2) is 19.6 Å². The van der Waals surface area contributed by atoms with E-state index in [2.05, 4.69) is 31.4 Å². The number of pyridine rings is 1. The lowest BCUT2D eigenvalue weighted by Crippen LogP contribution is -2.10. The Kier molecular flexibility index (Phi) is 4.01. The Morgan fingerprint density at radius 2 is 2.09 bits per heavy atom. The molecule has 3 aromatic rings. The number of aromatic nitrogens is 5. The summed E-state index contributed by atoms with van der Waals surface area (Å²) in [5.74, 6) is 1.55. The van der Waals surface area contributed by atoms with Gasteiger partial charge in [-0.1, -0.05) is 0 Å². The number of fused-ring (bicyclic) bond motifs is 1. The molecule has 116 valence electrons. The monoisotopic (exact) mass is 308 g/mol. The van der Waals surface area contributed by atoms with Crippen molar-refractivity contribution < 1.29 is 0 Å². The van der Waals surface area contributed by atoms with Crippen LogP contribution in [-0.2, 0) is 6.54 Å². The lowest BCUT2D eigenvalue weighted by Gasteiger charge is -2.12. The molecule has 0 radical (unpaired) electrons. The van der Waals surface area contributed by atoms with Crippen molar-refractivity contribution in [1.29, 1.82) is 5.26 Å². The van der Waals surface area contributed by atoms with Gasteiger partial charge >= 0.3 is 0 Å². The van der Waals surface area contributed by atoms with Crippen molar-refractivity contribution in [3.63, 3.8) is 0 Å². The standard InChI is InChI=1S/C15H16N8/c1-22(2)13-5-4-11(8-17-13)21-14-12-9-20-23(7-3-6-16)15(12)19-10-18-14/h4-5,8-10H,3,7H2,1-2H3,(H,18,19,21). The minimum Gasteiger partial charge on any atom is -0.363 e. The van der Waals surface area contributed by atoms with Crippen LogP contribution in [0.5, 0.6) is 0 Å². The first-order valence-corrected chi connectivity index (χ1v) is 7.13. The van der Waals surface area contributed by atoms with Crippen LogP contribution in [0, 0.1) is 11.3 Å². The van der Waals surface area contributed by atoms with E-state index >= 15 is 0 Å². The number of anilines is 3. The summed E-state index contributed by atoms with van der Waals surface area (Å²) < 4.78 is 1.71. The number of nitriles is 1. The van der Waals surface area contributed by atoms with Crippen LogP contribution in [0.3, 0.4) is 0 Å². The molecule has 0 aliphatic rings. The maximum absolute atomic E-state index is 8.70. The number of nitrogens with zero attached hydrogens (tertiary/aromatic N) is 7. The third kappa shape index (κ3) is 3.03. The number of nitrogens with one attached hydrogen (secondary N) is 1. The summed E-state index contributed by atoms with van der Waals surface area (Å²) >= 11 is 0. The van der Waals surface area contributed by atoms with Gasteiger partial charge in [0.1, 0.15) is 18.0 Å². The Labute approximate surface area is 133 Å². The molecular formula is C15H16N8. The Hall–Kier alpha value is -3.21. The van der Waals surface area contributed by atoms with E-state index in [1.807, 2.05) is 31.1 Å². The highest BCUT2D eigenvalue weighted by Crippen LogP contribution is 2.23. The first-order valence-electron chi connectivity index (χ1n) is 7.13. The summed E-state index contributed by atoms with van der Waals surface area (Å²) in [5, 5.41) is 17.0. The van der Waals surface area contributed by atoms with Crippen molar-refractivity contribution in [2.24, 2.45) is 0 Å². The Bertz CT molecular complexity index is 844. The molecule has 0 atom stereocenters. The van der Waals surface area contributed by atoms with Crippen LogP contribution in [0.25, 0.3) is 11.0 Å². The molecule has 8 nitrogen and oxygen atoms in total. The predicted octanol–water partition coefficient (Wildman–Crippen LogP) is 1.94. The number of aryl methyl sites for hydroxylation is 1. The van der Waals surface area contributed by atoms with Crippen molar-refractivity contribution in [1.82, 2.24) is 24.7 Å². The topological polar surface area (TPSA) is 95.5 Å². The minimum atomic E-state index is 0.388. The summed E-state index contributed by atoms with van der Waals surface area (Å²) in [6, 6.07) is 5.98. The van der Waals surface area contributed by atoms with Crippen LogP contribution in [0.15, 0.2) is 30.9 Å². The first kappa shape index (κ1) is 14.7. The van der Waals surface area contributed by atoms with Crippen LogP contribution >= 0.6 is 0 Å². The predicted molar refractivity (Wildman–Crippen MR) is 87.4 cm³/mol. The van der Waals surface area contributed by atoms with E-state index in [0.29, 0.717) is 24.4 Å². The highest BCUT2D eigenvalue weighted by Gasteiger charge is 2.10. The summed E-state index contributed by atoms with van der Waals surface area (Å²) in [4.78, 5) is 14.8. The van der Waals surface area contributed by atoms with Crippen LogP contribution in [0.2, 0.25) is 0 Å². The molecule has 0 aliphatic carbocycles. The van der Waals surface area contributed by atoms with Crippen molar-refractivity contribution in [2.45, 2.75) is 13.0 Å². The lowest BCUT2D eigenvalue weighted by molar-refractivity contribution is 0.643. The molecule has 0 saturated heterocycles. The Morgan fingerprint density at radius 3 is 2.78 bits per heavy atom. The van der Waals surface area contributed by atoms with Gasteiger partial charge in [-0.3, -0.25) is 0 Å². The van der Waals surface area contributed by atoms with Crippen LogP contribution < -0.4 is 10.2 Å². The molecule has 1 N–H and O–H groups in total. The zero-order valence-electron chi connectivity index (χ0n) is 12.9. The van der Waals surface area contributed by atoms with Gasteiger partial charge in [0.25, 0.3) is 0 Å². The van der Waals surface area contributed by atoms with Crippen molar-refractivity contribution >= 4 is 28.4 Å². The quantitative estimate of drug-likeness (QED) is 0.769. The summed E-state index contributed by atoms with van der Waals surface area (Å²) in [6.07, 6.45) is 5.33. The van der Waals surface area contributed by atoms with Crippen LogP contribution in [-0.4, -0.2) is 38.8 Å². The van der Waals surface area contributed by atoms with Crippen LogP contribution in [0.1, 0.15) is 6.42 Å². The van der Waals surface area contributed by atoms with Gasteiger partial charge < -0.3 is 10.2 Å². The molecule has 0 aliphatic heterocycles. The minimum absolute atomic E-state index is 0.388. The molecule has 0 aromatic carbocycles. The van der Waals surface area contributed by atoms with E-state index in [1.54, 1.807) is 17.1 Å². The molecule has 3 aromatic heterocycles. The molecule has 3 heterocycles. The largest absolute Gasteiger partial charge is 0.363 e. The molecule has 0 fully saturated rings. The smallest absolute Gasteiger partial charge is 0.163 e. The summed E-state index contributed by atoms with van der Waals surface area (Å²) in [7, 11) is 3.89. The van der Waals surface area contributed by atoms with Crippen LogP contribution in [0.4, 0.5) is 17.3 Å². The van der Waals surface area contributed by atoms with E-state index in [9.17, 15) is 0 Å². The van der Waals surface area contributed by atoms with E-state index in [0.717, 1.165) is 16.9 Å². The number of rotatable bonds is 5. The molecule has 3 rings (SSSR count). The zero-order valence-corrected chi connectivity index (χ0v) is 12.9. The van der Waals surface area contributed by atoms with Gasteiger partial charge in [-0.15, -0.1) is 0 Å². The maximum atomic E-state index is 8.70. The molecule has 8 heteroatoms. The van der Waals surface area contributed by atoms with Gasteiger partial charge in [-0.2, -0.15) is 10.4 Å². The van der Waals surface area contributed by atoms with Crippen molar-refractivity contribution in [3.05, 3.63) is 30.9 Å². The number of hydrogen-bond acceptors (Lipinski definition) is 7. The second-order valence-corrected chi connectivity index (χ2v) is 5.16. The van der Waals surface area contributed by atoms with E-state index in [-0.39, 0.29) is 0 Å². The second-order valence-electron chi connectivity index (χ2n) is 5.16. The maximum Gasteiger partial charge on any atom is 0.163 e. The highest BCUT2D eigenvalue weighted by atomic mass is 15.3. The highest BCUT2D eigenvalue weighted by molar-refractivity contribution is 5.88. The third-order valence-electron chi connectivity index (χ3n) is 3.34. The third-order valence-corrected chi connectivity index (χ3v) is 3.34. The first-order chi connectivity index (χ1) is 11.2. The number of hydrogen-bond donors (Lipinski definition) is 1. The molecule has 0 saturated carbocycles. The average molecular weight is 308 g/mol. The normalized spacial score (nSPS) is 10.5. The van der Waals surface area contributed by atoms with Crippen molar-refractivity contribution in [2.75, 3.05) is 24.3 Å². The lowest BCUT2D eigenvalue weighted by atomic mass is 10.3. The SMILES string of the molecule is CN(C)c1ccc(Nc2ncnc3c2cnn3CCC#N)cn1. The molecule has 0 spiro atoms. The Morgan fingerprint density at radius 1 is 1.22 bits per heavy atom. The van der Waals surface area contributed by atoms with Gasteiger partial charge in [0.15, 0.2) is 5.65 Å². The van der Waals surface area contributed by atoms with Gasteiger partial charge in [0.2, 0.25) is 0 Å². The molecular weight excluding hydrogens is 292 g/mol. The summed E-state index contributed by atoms with van der Waals surface area (Å²) in [5.41, 5.74) is 1.54.